The minimum Gasteiger partial charge on any atom is -0.490 e. The molecule has 1 aromatic carbocycles. The van der Waals surface area contributed by atoms with Gasteiger partial charge in [-0.05, 0) is 56.3 Å². The molecule has 0 amide bonds. The van der Waals surface area contributed by atoms with Gasteiger partial charge in [0.05, 0.1) is 0 Å². The molecule has 0 aliphatic carbocycles. The molecule has 0 bridgehead atoms. The summed E-state index contributed by atoms with van der Waals surface area (Å²) in [6, 6.07) is 6.55. The largest absolute Gasteiger partial charge is 0.490 e. The van der Waals surface area contributed by atoms with E-state index in [1.807, 2.05) is 0 Å². The number of fused-ring (bicyclic) bond motifs is 1. The third-order valence-corrected chi connectivity index (χ3v) is 4.04. The lowest BCUT2D eigenvalue weighted by atomic mass is 9.90. The molecule has 1 aliphatic rings. The van der Waals surface area contributed by atoms with Crippen molar-refractivity contribution >= 4 is 0 Å². The minimum atomic E-state index is 0.370. The summed E-state index contributed by atoms with van der Waals surface area (Å²) in [5.41, 5.74) is 2.72. The van der Waals surface area contributed by atoms with Gasteiger partial charge >= 0.3 is 0 Å². The Bertz CT molecular complexity index is 427. The molecule has 0 radical (unpaired) electrons. The molecule has 2 unspecified atom stereocenters. The average Bonchev–Trinajstić information content (AvgIpc) is 2.76. The molecule has 0 fully saturated rings. The first kappa shape index (κ1) is 15.4. The molecule has 2 nitrogen and oxygen atoms in total. The molecule has 0 aromatic heterocycles. The molecule has 1 heterocycles. The Morgan fingerprint density at radius 1 is 1.35 bits per heavy atom. The van der Waals surface area contributed by atoms with Gasteiger partial charge in [-0.2, -0.15) is 0 Å². The summed E-state index contributed by atoms with van der Waals surface area (Å²) in [5, 5.41) is 3.50. The molecule has 2 heteroatoms. The molecule has 20 heavy (non-hydrogen) atoms. The Morgan fingerprint density at radius 2 is 2.15 bits per heavy atom. The number of hydrogen-bond acceptors (Lipinski definition) is 2. The summed E-state index contributed by atoms with van der Waals surface area (Å²) < 4.78 is 6.13. The molecule has 0 saturated carbocycles. The lowest BCUT2D eigenvalue weighted by Crippen LogP contribution is -2.28. The zero-order chi connectivity index (χ0) is 14.5. The standard InChI is InChI=1S/C18H29NO/c1-5-19-12-15(8-13(2)3)10-17-11-16-9-14(4)6-7-18(16)20-17/h6-7,9,13,15,17,19H,5,8,10-12H2,1-4H3. The summed E-state index contributed by atoms with van der Waals surface area (Å²) in [6.45, 7) is 11.1. The van der Waals surface area contributed by atoms with Crippen molar-refractivity contribution in [3.05, 3.63) is 29.3 Å². The van der Waals surface area contributed by atoms with Gasteiger partial charge in [-0.25, -0.2) is 0 Å². The summed E-state index contributed by atoms with van der Waals surface area (Å²) in [7, 11) is 0. The number of ether oxygens (including phenoxy) is 1. The van der Waals surface area contributed by atoms with E-state index in [0.717, 1.165) is 37.1 Å². The fourth-order valence-corrected chi connectivity index (χ4v) is 3.23. The number of hydrogen-bond donors (Lipinski definition) is 1. The van der Waals surface area contributed by atoms with Crippen LogP contribution in [0.15, 0.2) is 18.2 Å². The van der Waals surface area contributed by atoms with Crippen molar-refractivity contribution in [3.8, 4) is 5.75 Å². The van der Waals surface area contributed by atoms with E-state index in [1.165, 1.54) is 24.0 Å². The third kappa shape index (κ3) is 4.24. The normalized spacial score (nSPS) is 18.9. The van der Waals surface area contributed by atoms with Gasteiger partial charge < -0.3 is 10.1 Å². The third-order valence-electron chi connectivity index (χ3n) is 4.04. The van der Waals surface area contributed by atoms with Crippen molar-refractivity contribution in [2.75, 3.05) is 13.1 Å². The highest BCUT2D eigenvalue weighted by molar-refractivity contribution is 5.40. The molecule has 1 aromatic rings. The molecular weight excluding hydrogens is 246 g/mol. The van der Waals surface area contributed by atoms with Gasteiger partial charge in [0.25, 0.3) is 0 Å². The van der Waals surface area contributed by atoms with Crippen molar-refractivity contribution in [1.29, 1.82) is 0 Å². The van der Waals surface area contributed by atoms with Crippen molar-refractivity contribution < 1.29 is 4.74 Å². The first-order chi connectivity index (χ1) is 9.58. The van der Waals surface area contributed by atoms with Gasteiger partial charge in [0.2, 0.25) is 0 Å². The van der Waals surface area contributed by atoms with Gasteiger partial charge in [0, 0.05) is 6.42 Å². The summed E-state index contributed by atoms with van der Waals surface area (Å²) in [4.78, 5) is 0. The Morgan fingerprint density at radius 3 is 2.85 bits per heavy atom. The SMILES string of the molecule is CCNCC(CC(C)C)CC1Cc2cc(C)ccc2O1. The maximum atomic E-state index is 6.13. The van der Waals surface area contributed by atoms with Gasteiger partial charge in [-0.15, -0.1) is 0 Å². The quantitative estimate of drug-likeness (QED) is 0.813. The lowest BCUT2D eigenvalue weighted by Gasteiger charge is -2.22. The van der Waals surface area contributed by atoms with Crippen LogP contribution in [0.5, 0.6) is 5.75 Å². The second kappa shape index (κ2) is 7.12. The van der Waals surface area contributed by atoms with Gasteiger partial charge in [0.15, 0.2) is 0 Å². The molecule has 1 N–H and O–H groups in total. The Balaban J connectivity index is 1.92. The molecule has 2 atom stereocenters. The van der Waals surface area contributed by atoms with Crippen LogP contribution in [-0.4, -0.2) is 19.2 Å². The van der Waals surface area contributed by atoms with Crippen molar-refractivity contribution in [2.24, 2.45) is 11.8 Å². The van der Waals surface area contributed by atoms with E-state index in [4.69, 9.17) is 4.74 Å². The molecule has 2 rings (SSSR count). The maximum absolute atomic E-state index is 6.13. The van der Waals surface area contributed by atoms with Crippen LogP contribution in [0.2, 0.25) is 0 Å². The van der Waals surface area contributed by atoms with Gasteiger partial charge in [0.1, 0.15) is 11.9 Å². The first-order valence-corrected chi connectivity index (χ1v) is 8.05. The summed E-state index contributed by atoms with van der Waals surface area (Å²) in [5.74, 6) is 2.58. The van der Waals surface area contributed by atoms with E-state index < -0.39 is 0 Å². The Kier molecular flexibility index (Phi) is 5.47. The predicted molar refractivity (Wildman–Crippen MR) is 85.4 cm³/mol. The zero-order valence-electron chi connectivity index (χ0n) is 13.4. The van der Waals surface area contributed by atoms with Crippen LogP contribution in [0, 0.1) is 18.8 Å². The highest BCUT2D eigenvalue weighted by atomic mass is 16.5. The van der Waals surface area contributed by atoms with E-state index in [2.05, 4.69) is 51.2 Å². The van der Waals surface area contributed by atoms with E-state index >= 15 is 0 Å². The van der Waals surface area contributed by atoms with E-state index in [0.29, 0.717) is 6.10 Å². The minimum absolute atomic E-state index is 0.370. The Hall–Kier alpha value is -1.02. The summed E-state index contributed by atoms with van der Waals surface area (Å²) >= 11 is 0. The molecule has 1 aliphatic heterocycles. The highest BCUT2D eigenvalue weighted by Gasteiger charge is 2.26. The van der Waals surface area contributed by atoms with Gasteiger partial charge in [-0.3, -0.25) is 0 Å². The van der Waals surface area contributed by atoms with Crippen molar-refractivity contribution in [3.63, 3.8) is 0 Å². The van der Waals surface area contributed by atoms with Crippen LogP contribution in [0.4, 0.5) is 0 Å². The number of benzene rings is 1. The van der Waals surface area contributed by atoms with E-state index in [1.54, 1.807) is 0 Å². The zero-order valence-corrected chi connectivity index (χ0v) is 13.4. The lowest BCUT2D eigenvalue weighted by molar-refractivity contribution is 0.182. The van der Waals surface area contributed by atoms with Crippen LogP contribution in [0.1, 0.15) is 44.7 Å². The number of aryl methyl sites for hydroxylation is 1. The second-order valence-corrected chi connectivity index (χ2v) is 6.59. The summed E-state index contributed by atoms with van der Waals surface area (Å²) in [6.07, 6.45) is 3.90. The fourth-order valence-electron chi connectivity index (χ4n) is 3.23. The van der Waals surface area contributed by atoms with Crippen LogP contribution >= 0.6 is 0 Å². The average molecular weight is 275 g/mol. The van der Waals surface area contributed by atoms with E-state index in [9.17, 15) is 0 Å². The molecule has 0 saturated heterocycles. The Labute approximate surface area is 123 Å². The van der Waals surface area contributed by atoms with Crippen LogP contribution in [-0.2, 0) is 6.42 Å². The number of rotatable bonds is 7. The van der Waals surface area contributed by atoms with Crippen molar-refractivity contribution in [2.45, 2.75) is 53.1 Å². The monoisotopic (exact) mass is 275 g/mol. The molecule has 0 spiro atoms. The second-order valence-electron chi connectivity index (χ2n) is 6.59. The molecule has 112 valence electrons. The topological polar surface area (TPSA) is 21.3 Å². The smallest absolute Gasteiger partial charge is 0.123 e. The predicted octanol–water partition coefficient (Wildman–Crippen LogP) is 3.96. The van der Waals surface area contributed by atoms with Crippen LogP contribution in [0.25, 0.3) is 0 Å². The van der Waals surface area contributed by atoms with Gasteiger partial charge in [-0.1, -0.05) is 38.5 Å². The first-order valence-electron chi connectivity index (χ1n) is 8.05. The van der Waals surface area contributed by atoms with E-state index in [-0.39, 0.29) is 0 Å². The fraction of sp³-hybridized carbons (Fsp3) is 0.667. The van der Waals surface area contributed by atoms with Crippen molar-refractivity contribution in [1.82, 2.24) is 5.32 Å². The maximum Gasteiger partial charge on any atom is 0.123 e. The van der Waals surface area contributed by atoms with Crippen LogP contribution < -0.4 is 10.1 Å². The molecular formula is C18H29NO. The van der Waals surface area contributed by atoms with Crippen LogP contribution in [0.3, 0.4) is 0 Å². The highest BCUT2D eigenvalue weighted by Crippen LogP contribution is 2.32. The number of nitrogens with one attached hydrogen (secondary N) is 1.